The topological polar surface area (TPSA) is 99.4 Å². The number of urea groups is 1. The molecule has 0 unspecified atom stereocenters. The molecule has 0 aliphatic heterocycles. The van der Waals surface area contributed by atoms with Crippen LogP contribution in [0.15, 0.2) is 36.4 Å². The van der Waals surface area contributed by atoms with E-state index in [0.717, 1.165) is 6.07 Å². The Bertz CT molecular complexity index is 725. The van der Waals surface area contributed by atoms with E-state index >= 15 is 0 Å². The molecule has 0 bridgehead atoms. The number of aliphatic hydroxyl groups excluding tert-OH is 1. The molecular weight excluding hydrogens is 318 g/mol. The quantitative estimate of drug-likeness (QED) is 0.559. The summed E-state index contributed by atoms with van der Waals surface area (Å²) in [5.74, 6) is -1.16. The van der Waals surface area contributed by atoms with Crippen LogP contribution in [0.3, 0.4) is 0 Å². The molecule has 6 nitrogen and oxygen atoms in total. The van der Waals surface area contributed by atoms with E-state index in [1.165, 1.54) is 30.3 Å². The lowest BCUT2D eigenvalue weighted by molar-refractivity contribution is 0.261. The molecule has 2 aromatic carbocycles. The van der Waals surface area contributed by atoms with Crippen LogP contribution in [0.25, 0.3) is 0 Å². The van der Waals surface area contributed by atoms with Crippen molar-refractivity contribution in [2.75, 3.05) is 29.0 Å². The van der Waals surface area contributed by atoms with Gasteiger partial charge in [0.2, 0.25) is 0 Å². The molecule has 0 fully saturated rings. The fourth-order valence-corrected chi connectivity index (χ4v) is 2.10. The molecule has 0 saturated carbocycles. The van der Waals surface area contributed by atoms with Crippen LogP contribution >= 0.6 is 0 Å². The fraction of sp³-hybridized carbons (Fsp3) is 0.188. The lowest BCUT2D eigenvalue weighted by Gasteiger charge is -2.12. The van der Waals surface area contributed by atoms with E-state index in [0.29, 0.717) is 18.8 Å². The van der Waals surface area contributed by atoms with Gasteiger partial charge in [0, 0.05) is 30.0 Å². The van der Waals surface area contributed by atoms with Gasteiger partial charge in [-0.1, -0.05) is 6.07 Å². The molecule has 0 heterocycles. The Morgan fingerprint density at radius 1 is 1.12 bits per heavy atom. The van der Waals surface area contributed by atoms with Crippen molar-refractivity contribution >= 4 is 23.1 Å². The number of halogens is 2. The largest absolute Gasteiger partial charge is 0.391 e. The maximum atomic E-state index is 13.6. The molecule has 2 amide bonds. The van der Waals surface area contributed by atoms with Crippen LogP contribution in [0.5, 0.6) is 0 Å². The van der Waals surface area contributed by atoms with E-state index in [-0.39, 0.29) is 16.9 Å². The summed E-state index contributed by atoms with van der Waals surface area (Å²) in [6, 6.07) is 7.30. The summed E-state index contributed by atoms with van der Waals surface area (Å²) >= 11 is 0. The van der Waals surface area contributed by atoms with E-state index in [2.05, 4.69) is 16.0 Å². The number of aliphatic hydroxyl groups is 1. The normalized spacial score (nSPS) is 10.3. The van der Waals surface area contributed by atoms with Crippen LogP contribution in [0.4, 0.5) is 30.6 Å². The number of carbonyl (C=O) groups excluding carboxylic acids is 1. The minimum absolute atomic E-state index is 0.0304. The number of anilines is 3. The zero-order valence-electron chi connectivity index (χ0n) is 12.8. The lowest BCUT2D eigenvalue weighted by atomic mass is 10.2. The third kappa shape index (κ3) is 4.64. The smallest absolute Gasteiger partial charge is 0.323 e. The minimum Gasteiger partial charge on any atom is -0.391 e. The molecule has 2 rings (SSSR count). The Morgan fingerprint density at radius 3 is 2.58 bits per heavy atom. The van der Waals surface area contributed by atoms with Gasteiger partial charge in [-0.2, -0.15) is 0 Å². The summed E-state index contributed by atoms with van der Waals surface area (Å²) in [4.78, 5) is 12.0. The van der Waals surface area contributed by atoms with E-state index in [9.17, 15) is 18.7 Å². The molecule has 128 valence electrons. The van der Waals surface area contributed by atoms with Crippen LogP contribution in [-0.4, -0.2) is 24.2 Å². The summed E-state index contributed by atoms with van der Waals surface area (Å²) < 4.78 is 27.1. The van der Waals surface area contributed by atoms with Gasteiger partial charge < -0.3 is 26.8 Å². The molecule has 0 spiro atoms. The maximum Gasteiger partial charge on any atom is 0.323 e. The zero-order chi connectivity index (χ0) is 17.5. The molecule has 6 N–H and O–H groups in total. The zero-order valence-corrected chi connectivity index (χ0v) is 12.8. The highest BCUT2D eigenvalue weighted by Gasteiger charge is 2.11. The van der Waals surface area contributed by atoms with Gasteiger partial charge >= 0.3 is 6.03 Å². The Hall–Kier alpha value is -2.71. The number of rotatable bonds is 6. The van der Waals surface area contributed by atoms with Crippen LogP contribution in [0, 0.1) is 11.6 Å². The molecule has 2 aromatic rings. The standard InChI is InChI=1S/C16H18F2N4O2/c17-10-6-11(20-5-4-19)8-12(7-10)21-16(24)22-15-3-1-2-14(18)13(15)9-23/h1-3,6-8,20,23H,4-5,9,19H2,(H2,21,22,24). The van der Waals surface area contributed by atoms with Gasteiger partial charge in [-0.15, -0.1) is 0 Å². The Balaban J connectivity index is 2.10. The van der Waals surface area contributed by atoms with Gasteiger partial charge in [-0.3, -0.25) is 0 Å². The number of benzene rings is 2. The average Bonchev–Trinajstić information content (AvgIpc) is 2.52. The van der Waals surface area contributed by atoms with E-state index in [1.54, 1.807) is 0 Å². The number of carbonyl (C=O) groups is 1. The van der Waals surface area contributed by atoms with Crippen LogP contribution in [-0.2, 0) is 6.61 Å². The predicted octanol–water partition coefficient (Wildman–Crippen LogP) is 2.47. The van der Waals surface area contributed by atoms with Crippen molar-refractivity contribution in [3.8, 4) is 0 Å². The van der Waals surface area contributed by atoms with Gasteiger partial charge in [-0.05, 0) is 30.3 Å². The number of amides is 2. The molecule has 24 heavy (non-hydrogen) atoms. The second-order valence-electron chi connectivity index (χ2n) is 4.95. The Labute approximate surface area is 137 Å². The van der Waals surface area contributed by atoms with Gasteiger partial charge in [-0.25, -0.2) is 13.6 Å². The van der Waals surface area contributed by atoms with Crippen molar-refractivity contribution < 1.29 is 18.7 Å². The second kappa shape index (κ2) is 8.23. The summed E-state index contributed by atoms with van der Waals surface area (Å²) in [6.45, 7) is 0.275. The first-order valence-corrected chi connectivity index (χ1v) is 7.24. The van der Waals surface area contributed by atoms with Crippen molar-refractivity contribution in [3.63, 3.8) is 0 Å². The first kappa shape index (κ1) is 17.6. The summed E-state index contributed by atoms with van der Waals surface area (Å²) in [5, 5.41) is 17.0. The highest BCUT2D eigenvalue weighted by atomic mass is 19.1. The summed E-state index contributed by atoms with van der Waals surface area (Å²) in [6.07, 6.45) is 0. The number of nitrogens with one attached hydrogen (secondary N) is 3. The fourth-order valence-electron chi connectivity index (χ4n) is 2.10. The SMILES string of the molecule is NCCNc1cc(F)cc(NC(=O)Nc2cccc(F)c2CO)c1. The van der Waals surface area contributed by atoms with Gasteiger partial charge in [0.05, 0.1) is 12.3 Å². The lowest BCUT2D eigenvalue weighted by Crippen LogP contribution is -2.21. The number of nitrogens with two attached hydrogens (primary N) is 1. The van der Waals surface area contributed by atoms with E-state index < -0.39 is 24.3 Å². The summed E-state index contributed by atoms with van der Waals surface area (Å²) in [5.41, 5.74) is 6.16. The number of hydrogen-bond donors (Lipinski definition) is 5. The third-order valence-electron chi connectivity index (χ3n) is 3.15. The van der Waals surface area contributed by atoms with Gasteiger partial charge in [0.15, 0.2) is 0 Å². The molecule has 0 aromatic heterocycles. The van der Waals surface area contributed by atoms with Crippen molar-refractivity contribution in [1.29, 1.82) is 0 Å². The van der Waals surface area contributed by atoms with Crippen molar-refractivity contribution in [2.24, 2.45) is 5.73 Å². The Morgan fingerprint density at radius 2 is 1.88 bits per heavy atom. The van der Waals surface area contributed by atoms with Crippen LogP contribution in [0.1, 0.15) is 5.56 Å². The highest BCUT2D eigenvalue weighted by Crippen LogP contribution is 2.21. The van der Waals surface area contributed by atoms with Gasteiger partial charge in [0.25, 0.3) is 0 Å². The molecular formula is C16H18F2N4O2. The molecule has 8 heteroatoms. The van der Waals surface area contributed by atoms with E-state index in [4.69, 9.17) is 5.73 Å². The molecule has 0 atom stereocenters. The molecule has 0 radical (unpaired) electrons. The second-order valence-corrected chi connectivity index (χ2v) is 4.95. The van der Waals surface area contributed by atoms with Crippen molar-refractivity contribution in [1.82, 2.24) is 0 Å². The highest BCUT2D eigenvalue weighted by molar-refractivity contribution is 6.00. The maximum absolute atomic E-state index is 13.6. The van der Waals surface area contributed by atoms with Crippen LogP contribution in [0.2, 0.25) is 0 Å². The third-order valence-corrected chi connectivity index (χ3v) is 3.15. The number of hydrogen-bond acceptors (Lipinski definition) is 4. The predicted molar refractivity (Wildman–Crippen MR) is 88.9 cm³/mol. The monoisotopic (exact) mass is 336 g/mol. The average molecular weight is 336 g/mol. The van der Waals surface area contributed by atoms with Gasteiger partial charge in [0.1, 0.15) is 11.6 Å². The van der Waals surface area contributed by atoms with Crippen LogP contribution < -0.4 is 21.7 Å². The summed E-state index contributed by atoms with van der Waals surface area (Å²) in [7, 11) is 0. The first-order chi connectivity index (χ1) is 11.5. The molecule has 0 saturated heterocycles. The van der Waals surface area contributed by atoms with Crippen molar-refractivity contribution in [2.45, 2.75) is 6.61 Å². The molecule has 0 aliphatic carbocycles. The molecule has 0 aliphatic rings. The first-order valence-electron chi connectivity index (χ1n) is 7.24. The minimum atomic E-state index is -0.689. The van der Waals surface area contributed by atoms with E-state index in [1.807, 2.05) is 0 Å². The Kier molecular flexibility index (Phi) is 6.05. The van der Waals surface area contributed by atoms with Crippen molar-refractivity contribution in [3.05, 3.63) is 53.6 Å².